The Bertz CT molecular complexity index is 985. The molecule has 7 nitrogen and oxygen atoms in total. The summed E-state index contributed by atoms with van der Waals surface area (Å²) in [6.07, 6.45) is 0.934. The molecule has 0 aliphatic heterocycles. The topological polar surface area (TPSA) is 97.8 Å². The summed E-state index contributed by atoms with van der Waals surface area (Å²) in [7, 11) is -6.89. The number of methoxy groups -OCH3 is 1. The van der Waals surface area contributed by atoms with Gasteiger partial charge in [0.1, 0.15) is 11.4 Å². The van der Waals surface area contributed by atoms with E-state index in [4.69, 9.17) is 0 Å². The molecule has 2 rings (SSSR count). The quantitative estimate of drug-likeness (QED) is 0.656. The van der Waals surface area contributed by atoms with Crippen molar-refractivity contribution in [2.45, 2.75) is 16.3 Å². The first-order valence-corrected chi connectivity index (χ1v) is 10.9. The fourth-order valence-corrected chi connectivity index (χ4v) is 5.30. The van der Waals surface area contributed by atoms with Crippen LogP contribution in [0.4, 0.5) is 0 Å². The van der Waals surface area contributed by atoms with Crippen molar-refractivity contribution in [2.24, 2.45) is 0 Å². The number of sulfonamides is 1. The van der Waals surface area contributed by atoms with Gasteiger partial charge in [0, 0.05) is 12.8 Å². The van der Waals surface area contributed by atoms with E-state index in [1.54, 1.807) is 30.3 Å². The van der Waals surface area contributed by atoms with E-state index in [1.165, 1.54) is 24.3 Å². The Morgan fingerprint density at radius 3 is 2.00 bits per heavy atom. The second-order valence-corrected chi connectivity index (χ2v) is 9.44. The van der Waals surface area contributed by atoms with Gasteiger partial charge in [-0.25, -0.2) is 16.8 Å². The summed E-state index contributed by atoms with van der Waals surface area (Å²) in [5, 5.41) is 0. The normalized spacial score (nSPS) is 12.1. The molecule has 0 aliphatic carbocycles. The van der Waals surface area contributed by atoms with Gasteiger partial charge in [-0.15, -0.1) is 0 Å². The highest BCUT2D eigenvalue weighted by Gasteiger charge is 2.31. The van der Waals surface area contributed by atoms with Crippen LogP contribution in [0.15, 0.2) is 64.4 Å². The van der Waals surface area contributed by atoms with Crippen molar-refractivity contribution in [1.29, 1.82) is 0 Å². The SMILES string of the molecule is COC(=O)CN(Cc1ccccc1)S(=O)(=O)c1ccccc1S(C)(=O)=O. The average molecular weight is 397 g/mol. The summed E-state index contributed by atoms with van der Waals surface area (Å²) in [4.78, 5) is 11.0. The number of carbonyl (C=O) groups is 1. The van der Waals surface area contributed by atoms with Gasteiger partial charge in [0.15, 0.2) is 9.84 Å². The molecule has 0 atom stereocenters. The number of hydrogen-bond acceptors (Lipinski definition) is 6. The zero-order chi connectivity index (χ0) is 19.4. The first-order valence-electron chi connectivity index (χ1n) is 7.56. The molecule has 0 saturated heterocycles. The Kier molecular flexibility index (Phi) is 6.17. The van der Waals surface area contributed by atoms with Gasteiger partial charge in [0.25, 0.3) is 0 Å². The molecule has 140 valence electrons. The number of nitrogens with zero attached hydrogens (tertiary/aromatic N) is 1. The van der Waals surface area contributed by atoms with Crippen molar-refractivity contribution in [3.05, 3.63) is 60.2 Å². The molecule has 0 spiro atoms. The molecule has 9 heteroatoms. The molecule has 0 aliphatic rings. The predicted octanol–water partition coefficient (Wildman–Crippen LogP) is 1.45. The first kappa shape index (κ1) is 20.1. The van der Waals surface area contributed by atoms with Crippen LogP contribution >= 0.6 is 0 Å². The molecule has 0 fully saturated rings. The van der Waals surface area contributed by atoms with Gasteiger partial charge < -0.3 is 4.74 Å². The van der Waals surface area contributed by atoms with Gasteiger partial charge in [-0.2, -0.15) is 4.31 Å². The van der Waals surface area contributed by atoms with Crippen molar-refractivity contribution in [3.63, 3.8) is 0 Å². The lowest BCUT2D eigenvalue weighted by molar-refractivity contribution is -0.140. The van der Waals surface area contributed by atoms with Crippen LogP contribution in [-0.2, 0) is 35.9 Å². The third kappa shape index (κ3) is 4.69. The Labute approximate surface area is 153 Å². The van der Waals surface area contributed by atoms with Crippen LogP contribution in [-0.4, -0.2) is 47.0 Å². The second kappa shape index (κ2) is 7.98. The van der Waals surface area contributed by atoms with Gasteiger partial charge >= 0.3 is 5.97 Å². The zero-order valence-electron chi connectivity index (χ0n) is 14.3. The van der Waals surface area contributed by atoms with Crippen LogP contribution in [0.1, 0.15) is 5.56 Å². The van der Waals surface area contributed by atoms with Gasteiger partial charge in [-0.05, 0) is 17.7 Å². The van der Waals surface area contributed by atoms with Crippen LogP contribution in [0.5, 0.6) is 0 Å². The van der Waals surface area contributed by atoms with Crippen molar-refractivity contribution >= 4 is 25.8 Å². The van der Waals surface area contributed by atoms with E-state index in [1.807, 2.05) is 0 Å². The van der Waals surface area contributed by atoms with E-state index in [9.17, 15) is 21.6 Å². The largest absolute Gasteiger partial charge is 0.468 e. The Morgan fingerprint density at radius 1 is 0.923 bits per heavy atom. The maximum absolute atomic E-state index is 13.1. The van der Waals surface area contributed by atoms with Gasteiger partial charge in [-0.3, -0.25) is 4.79 Å². The van der Waals surface area contributed by atoms with Gasteiger partial charge in [-0.1, -0.05) is 42.5 Å². The van der Waals surface area contributed by atoms with Crippen LogP contribution in [0, 0.1) is 0 Å². The highest BCUT2D eigenvalue weighted by molar-refractivity contribution is 7.93. The summed E-state index contributed by atoms with van der Waals surface area (Å²) in [6, 6.07) is 14.0. The van der Waals surface area contributed by atoms with Gasteiger partial charge in [0.05, 0.1) is 12.0 Å². The Hall–Kier alpha value is -2.23. The summed E-state index contributed by atoms with van der Waals surface area (Å²) < 4.78 is 55.7. The lowest BCUT2D eigenvalue weighted by Gasteiger charge is -2.22. The number of hydrogen-bond donors (Lipinski definition) is 0. The number of sulfone groups is 1. The minimum atomic E-state index is -4.26. The third-order valence-corrected chi connectivity index (χ3v) is 6.74. The van der Waals surface area contributed by atoms with Crippen molar-refractivity contribution in [1.82, 2.24) is 4.31 Å². The van der Waals surface area contributed by atoms with Crippen molar-refractivity contribution in [3.8, 4) is 0 Å². The minimum Gasteiger partial charge on any atom is -0.468 e. The Morgan fingerprint density at radius 2 is 1.46 bits per heavy atom. The summed E-state index contributed by atoms with van der Waals surface area (Å²) >= 11 is 0. The van der Waals surface area contributed by atoms with E-state index in [0.29, 0.717) is 5.56 Å². The fourth-order valence-electron chi connectivity index (χ4n) is 2.33. The summed E-state index contributed by atoms with van der Waals surface area (Å²) in [5.41, 5.74) is 0.650. The maximum Gasteiger partial charge on any atom is 0.321 e. The second-order valence-electron chi connectivity index (χ2n) is 5.55. The molecule has 2 aromatic rings. The molecular weight excluding hydrogens is 378 g/mol. The molecule has 0 saturated carbocycles. The lowest BCUT2D eigenvalue weighted by atomic mass is 10.2. The molecule has 0 N–H and O–H groups in total. The highest BCUT2D eigenvalue weighted by atomic mass is 32.2. The van der Waals surface area contributed by atoms with Crippen LogP contribution in [0.3, 0.4) is 0 Å². The highest BCUT2D eigenvalue weighted by Crippen LogP contribution is 2.25. The molecule has 0 aromatic heterocycles. The van der Waals surface area contributed by atoms with E-state index < -0.39 is 32.4 Å². The Balaban J connectivity index is 2.54. The predicted molar refractivity (Wildman–Crippen MR) is 95.6 cm³/mol. The molecule has 0 radical (unpaired) electrons. The number of benzene rings is 2. The third-order valence-electron chi connectivity index (χ3n) is 3.60. The molecule has 0 heterocycles. The molecule has 0 unspecified atom stereocenters. The molecule has 0 bridgehead atoms. The minimum absolute atomic E-state index is 0.101. The number of rotatable bonds is 7. The van der Waals surface area contributed by atoms with Crippen LogP contribution < -0.4 is 0 Å². The fraction of sp³-hybridized carbons (Fsp3) is 0.235. The monoisotopic (exact) mass is 397 g/mol. The molecule has 2 aromatic carbocycles. The molecule has 26 heavy (non-hydrogen) atoms. The van der Waals surface area contributed by atoms with E-state index in [2.05, 4.69) is 4.74 Å². The standard InChI is InChI=1S/C17H19NO6S2/c1-24-17(19)13-18(12-14-8-4-3-5-9-14)26(22,23)16-11-7-6-10-15(16)25(2,20)21/h3-11H,12-13H2,1-2H3. The maximum atomic E-state index is 13.1. The molecule has 0 amide bonds. The van der Waals surface area contributed by atoms with E-state index in [0.717, 1.165) is 17.7 Å². The average Bonchev–Trinajstić information content (AvgIpc) is 2.61. The zero-order valence-corrected chi connectivity index (χ0v) is 16.0. The van der Waals surface area contributed by atoms with E-state index >= 15 is 0 Å². The van der Waals surface area contributed by atoms with Crippen LogP contribution in [0.25, 0.3) is 0 Å². The number of ether oxygens (including phenoxy) is 1. The van der Waals surface area contributed by atoms with Gasteiger partial charge in [0.2, 0.25) is 10.0 Å². The van der Waals surface area contributed by atoms with E-state index in [-0.39, 0.29) is 16.3 Å². The number of carbonyl (C=O) groups excluding carboxylic acids is 1. The number of esters is 1. The first-order chi connectivity index (χ1) is 12.2. The summed E-state index contributed by atoms with van der Waals surface area (Å²) in [6.45, 7) is -0.637. The van der Waals surface area contributed by atoms with Crippen molar-refractivity contribution < 1.29 is 26.4 Å². The molecular formula is C17H19NO6S2. The van der Waals surface area contributed by atoms with Crippen molar-refractivity contribution in [2.75, 3.05) is 19.9 Å². The summed E-state index contributed by atoms with van der Waals surface area (Å²) in [5.74, 6) is -0.749. The van der Waals surface area contributed by atoms with Crippen LogP contribution in [0.2, 0.25) is 0 Å². The lowest BCUT2D eigenvalue weighted by Crippen LogP contribution is -2.36. The smallest absolute Gasteiger partial charge is 0.321 e.